The normalized spacial score (nSPS) is 21.6. The summed E-state index contributed by atoms with van der Waals surface area (Å²) in [7, 11) is 0. The average molecular weight is 391 g/mol. The van der Waals surface area contributed by atoms with Crippen molar-refractivity contribution in [3.8, 4) is 11.4 Å². The molecule has 0 spiro atoms. The van der Waals surface area contributed by atoms with E-state index in [2.05, 4.69) is 13.0 Å². The highest BCUT2D eigenvalue weighted by Gasteiger charge is 2.37. The van der Waals surface area contributed by atoms with Crippen LogP contribution in [0.3, 0.4) is 0 Å². The van der Waals surface area contributed by atoms with Crippen LogP contribution >= 0.6 is 0 Å². The molecule has 4 heterocycles. The lowest BCUT2D eigenvalue weighted by Gasteiger charge is -2.26. The predicted octanol–water partition coefficient (Wildman–Crippen LogP) is 2.75. The number of carbonyl (C=O) groups is 1. The van der Waals surface area contributed by atoms with Crippen molar-refractivity contribution in [3.05, 3.63) is 61.9 Å². The second-order valence-corrected chi connectivity index (χ2v) is 8.08. The molecule has 3 aliphatic rings. The molecule has 0 bridgehead atoms. The van der Waals surface area contributed by atoms with Crippen LogP contribution in [-0.2, 0) is 29.1 Å². The molecule has 3 aromatic rings. The van der Waals surface area contributed by atoms with Gasteiger partial charge in [-0.2, -0.15) is 0 Å². The van der Waals surface area contributed by atoms with Gasteiger partial charge in [-0.05, 0) is 48.6 Å². The number of ether oxygens (including phenoxy) is 1. The summed E-state index contributed by atoms with van der Waals surface area (Å²) in [6.07, 6.45) is -0.209. The van der Waals surface area contributed by atoms with E-state index < -0.39 is 12.1 Å². The highest BCUT2D eigenvalue weighted by Crippen LogP contribution is 2.44. The first kappa shape index (κ1) is 16.9. The number of aromatic nitrogens is 2. The van der Waals surface area contributed by atoms with Crippen LogP contribution in [0.1, 0.15) is 52.0 Å². The lowest BCUT2D eigenvalue weighted by molar-refractivity contribution is -0.153. The monoisotopic (exact) mass is 391 g/mol. The molecule has 0 saturated carbocycles. The quantitative estimate of drug-likeness (QED) is 0.466. The second-order valence-electron chi connectivity index (χ2n) is 8.08. The van der Waals surface area contributed by atoms with Crippen LogP contribution in [0.25, 0.3) is 22.3 Å². The van der Waals surface area contributed by atoms with Crippen molar-refractivity contribution in [2.75, 3.05) is 0 Å². The number of rotatable bonds is 0. The Kier molecular flexibility index (Phi) is 3.20. The van der Waals surface area contributed by atoms with Crippen LogP contribution in [0.4, 0.5) is 4.39 Å². The number of pyridine rings is 2. The van der Waals surface area contributed by atoms with Gasteiger partial charge in [0.25, 0.3) is 5.56 Å². The summed E-state index contributed by atoms with van der Waals surface area (Å²) < 4.78 is 20.9. The van der Waals surface area contributed by atoms with Crippen molar-refractivity contribution < 1.29 is 13.9 Å². The SMILES string of the molecule is Cc1ccc2nc3c(c4c2c1CC[C@@H]4N)Cn1c-3cc2c(c1=O)COC(=O)[C@H]2F. The first-order valence-electron chi connectivity index (χ1n) is 9.74. The molecule has 2 atom stereocenters. The summed E-state index contributed by atoms with van der Waals surface area (Å²) in [5.74, 6) is -0.955. The van der Waals surface area contributed by atoms with Crippen molar-refractivity contribution in [2.45, 2.75) is 45.1 Å². The van der Waals surface area contributed by atoms with E-state index >= 15 is 0 Å². The number of esters is 1. The molecule has 2 N–H and O–H groups in total. The summed E-state index contributed by atoms with van der Waals surface area (Å²) >= 11 is 0. The van der Waals surface area contributed by atoms with E-state index in [1.54, 1.807) is 10.6 Å². The van der Waals surface area contributed by atoms with E-state index in [1.165, 1.54) is 11.1 Å². The van der Waals surface area contributed by atoms with Crippen LogP contribution in [0.2, 0.25) is 0 Å². The van der Waals surface area contributed by atoms with Gasteiger partial charge >= 0.3 is 5.97 Å². The van der Waals surface area contributed by atoms with Gasteiger partial charge in [-0.15, -0.1) is 0 Å². The molecule has 6 nitrogen and oxygen atoms in total. The summed E-state index contributed by atoms with van der Waals surface area (Å²) in [6, 6.07) is 5.48. The third-order valence-corrected chi connectivity index (χ3v) is 6.55. The van der Waals surface area contributed by atoms with Gasteiger partial charge in [0.15, 0.2) is 0 Å². The first-order valence-corrected chi connectivity index (χ1v) is 9.74. The number of hydrogen-bond donors (Lipinski definition) is 1. The van der Waals surface area contributed by atoms with Gasteiger partial charge in [-0.25, -0.2) is 14.2 Å². The Morgan fingerprint density at radius 2 is 2.07 bits per heavy atom. The van der Waals surface area contributed by atoms with Gasteiger partial charge in [0.05, 0.1) is 29.0 Å². The highest BCUT2D eigenvalue weighted by molar-refractivity contribution is 5.92. The first-order chi connectivity index (χ1) is 14.0. The molecule has 0 unspecified atom stereocenters. The van der Waals surface area contributed by atoms with Crippen molar-refractivity contribution in [3.63, 3.8) is 0 Å². The van der Waals surface area contributed by atoms with Crippen LogP contribution in [0, 0.1) is 6.92 Å². The van der Waals surface area contributed by atoms with Crippen LogP contribution < -0.4 is 11.3 Å². The molecular formula is C22H18FN3O3. The molecule has 0 fully saturated rings. The number of carbonyl (C=O) groups excluding carboxylic acids is 1. The van der Waals surface area contributed by atoms with E-state index in [9.17, 15) is 14.0 Å². The summed E-state index contributed by atoms with van der Waals surface area (Å²) in [6.45, 7) is 2.24. The fraction of sp³-hybridized carbons (Fsp3) is 0.318. The minimum Gasteiger partial charge on any atom is -0.458 e. The Bertz CT molecular complexity index is 1330. The molecule has 146 valence electrons. The minimum atomic E-state index is -1.95. The van der Waals surface area contributed by atoms with E-state index in [1.807, 2.05) is 6.07 Å². The number of benzene rings is 1. The highest BCUT2D eigenvalue weighted by atomic mass is 19.1. The van der Waals surface area contributed by atoms with Crippen molar-refractivity contribution in [2.24, 2.45) is 5.73 Å². The Hall–Kier alpha value is -3.06. The summed E-state index contributed by atoms with van der Waals surface area (Å²) in [4.78, 5) is 29.6. The summed E-state index contributed by atoms with van der Waals surface area (Å²) in [5, 5.41) is 1.09. The topological polar surface area (TPSA) is 87.2 Å². The number of cyclic esters (lactones) is 1. The Morgan fingerprint density at radius 1 is 1.24 bits per heavy atom. The van der Waals surface area contributed by atoms with Crippen molar-refractivity contribution in [1.29, 1.82) is 0 Å². The zero-order chi connectivity index (χ0) is 20.0. The third-order valence-electron chi connectivity index (χ3n) is 6.55. The number of fused-ring (bicyclic) bond motifs is 5. The average Bonchev–Trinajstić information content (AvgIpc) is 3.07. The van der Waals surface area contributed by atoms with E-state index in [-0.39, 0.29) is 29.3 Å². The largest absolute Gasteiger partial charge is 0.458 e. The number of nitrogens with zero attached hydrogens (tertiary/aromatic N) is 2. The lowest BCUT2D eigenvalue weighted by atomic mass is 9.82. The van der Waals surface area contributed by atoms with Crippen LogP contribution in [0.15, 0.2) is 23.0 Å². The molecule has 7 heteroatoms. The van der Waals surface area contributed by atoms with Crippen LogP contribution in [0.5, 0.6) is 0 Å². The van der Waals surface area contributed by atoms with Crippen molar-refractivity contribution in [1.82, 2.24) is 9.55 Å². The van der Waals surface area contributed by atoms with Gasteiger partial charge in [0.2, 0.25) is 6.17 Å². The molecule has 1 aliphatic carbocycles. The summed E-state index contributed by atoms with van der Waals surface area (Å²) in [5.41, 5.74) is 13.0. The second kappa shape index (κ2) is 5.51. The Morgan fingerprint density at radius 3 is 2.90 bits per heavy atom. The van der Waals surface area contributed by atoms with Gasteiger partial charge < -0.3 is 15.0 Å². The maximum atomic E-state index is 14.5. The van der Waals surface area contributed by atoms with Gasteiger partial charge in [0.1, 0.15) is 6.61 Å². The molecule has 0 amide bonds. The number of hydrogen-bond acceptors (Lipinski definition) is 5. The smallest absolute Gasteiger partial charge is 0.345 e. The maximum Gasteiger partial charge on any atom is 0.345 e. The van der Waals surface area contributed by atoms with E-state index in [0.29, 0.717) is 17.9 Å². The van der Waals surface area contributed by atoms with Crippen molar-refractivity contribution >= 4 is 16.9 Å². The molecule has 2 aromatic heterocycles. The molecule has 2 aliphatic heterocycles. The van der Waals surface area contributed by atoms with E-state index in [0.717, 1.165) is 34.9 Å². The Balaban J connectivity index is 1.69. The zero-order valence-corrected chi connectivity index (χ0v) is 15.8. The standard InChI is InChI=1S/C22H18FN3O3/c1-9-2-5-15-18-10(9)3-4-14(24)17(18)12-7-26-16(20(12)25-15)6-11-13(21(26)27)8-29-22(28)19(11)23/h2,5-6,14,19H,3-4,7-8,24H2,1H3/t14-,19-/m0/s1. The molecule has 0 radical (unpaired) electrons. The van der Waals surface area contributed by atoms with Gasteiger partial charge in [-0.3, -0.25) is 4.79 Å². The molecule has 0 saturated heterocycles. The molecular weight excluding hydrogens is 373 g/mol. The van der Waals surface area contributed by atoms with E-state index in [4.69, 9.17) is 15.5 Å². The van der Waals surface area contributed by atoms with Gasteiger partial charge in [0, 0.05) is 22.6 Å². The molecule has 29 heavy (non-hydrogen) atoms. The predicted molar refractivity (Wildman–Crippen MR) is 104 cm³/mol. The molecule has 1 aromatic carbocycles. The number of aryl methyl sites for hydroxylation is 2. The number of nitrogens with two attached hydrogens (primary N) is 1. The maximum absolute atomic E-state index is 14.5. The fourth-order valence-electron chi connectivity index (χ4n) is 5.08. The Labute approximate surface area is 165 Å². The zero-order valence-electron chi connectivity index (χ0n) is 15.8. The third kappa shape index (κ3) is 2.05. The number of halogens is 1. The lowest BCUT2D eigenvalue weighted by Crippen LogP contribution is -2.31. The number of alkyl halides is 1. The minimum absolute atomic E-state index is 0.0924. The molecule has 6 rings (SSSR count). The van der Waals surface area contributed by atoms with Gasteiger partial charge in [-0.1, -0.05) is 6.07 Å². The van der Waals surface area contributed by atoms with Crippen LogP contribution in [-0.4, -0.2) is 15.5 Å². The fourth-order valence-corrected chi connectivity index (χ4v) is 5.08.